The molecule has 3 rings (SSSR count). The summed E-state index contributed by atoms with van der Waals surface area (Å²) < 4.78 is 13.2. The van der Waals surface area contributed by atoms with E-state index in [0.29, 0.717) is 11.1 Å². The van der Waals surface area contributed by atoms with E-state index < -0.39 is 19.1 Å². The Morgan fingerprint density at radius 2 is 1.30 bits per heavy atom. The Hall–Kier alpha value is -1.32. The molecule has 0 radical (unpaired) electrons. The lowest BCUT2D eigenvalue weighted by Crippen LogP contribution is -2.13. The van der Waals surface area contributed by atoms with Gasteiger partial charge in [0.2, 0.25) is 5.52 Å². The fraction of sp³-hybridized carbons (Fsp3) is 0.0476. The lowest BCUT2D eigenvalue weighted by molar-refractivity contribution is 0.103. The molecule has 0 N–H and O–H groups in total. The second-order valence-corrected chi connectivity index (χ2v) is 9.82. The smallest absolute Gasteiger partial charge is 0.224 e. The first-order valence-electron chi connectivity index (χ1n) is 8.46. The van der Waals surface area contributed by atoms with Gasteiger partial charge in [0.25, 0.3) is 0 Å². The molecule has 1 unspecified atom stereocenters. The Labute approximate surface area is 198 Å². The van der Waals surface area contributed by atoms with Crippen molar-refractivity contribution in [3.05, 3.63) is 95.9 Å². The third kappa shape index (κ3) is 4.21. The normalized spacial score (nSPS) is 11.9. The summed E-state index contributed by atoms with van der Waals surface area (Å²) in [7, 11) is -3.27. The van der Waals surface area contributed by atoms with Crippen LogP contribution in [0.15, 0.2) is 48.5 Å². The van der Waals surface area contributed by atoms with Crippen LogP contribution in [-0.2, 0) is 4.57 Å². The molecule has 30 heavy (non-hydrogen) atoms. The number of benzene rings is 3. The molecule has 0 aromatic heterocycles. The number of carbonyl (C=O) groups is 2. The maximum atomic E-state index is 13.2. The highest BCUT2D eigenvalue weighted by atomic mass is 35.5. The van der Waals surface area contributed by atoms with Crippen molar-refractivity contribution in [1.82, 2.24) is 0 Å². The fourth-order valence-corrected chi connectivity index (χ4v) is 6.43. The molecule has 3 nitrogen and oxygen atoms in total. The second-order valence-electron chi connectivity index (χ2n) is 6.29. The van der Waals surface area contributed by atoms with E-state index in [-0.39, 0.29) is 41.5 Å². The standard InChI is InChI=1S/C21H12Cl5O3P/c1-10-6-5-9-12(22)13(10)21(28)30(29)20-17(25)15(23)14(16(24)18(20)26)19(27)11-7-3-2-4-8-11/h2-9,30H,1H3. The van der Waals surface area contributed by atoms with Gasteiger partial charge >= 0.3 is 0 Å². The van der Waals surface area contributed by atoms with Crippen LogP contribution >= 0.6 is 65.8 Å². The summed E-state index contributed by atoms with van der Waals surface area (Å²) in [5, 5.41) is -1.01. The van der Waals surface area contributed by atoms with Crippen LogP contribution in [0.2, 0.25) is 25.1 Å². The molecular weight excluding hydrogens is 508 g/mol. The summed E-state index contributed by atoms with van der Waals surface area (Å²) in [6.07, 6.45) is 0. The Morgan fingerprint density at radius 3 is 1.83 bits per heavy atom. The first kappa shape index (κ1) is 23.3. The van der Waals surface area contributed by atoms with Crippen LogP contribution in [0.4, 0.5) is 0 Å². The molecule has 0 aliphatic heterocycles. The summed E-state index contributed by atoms with van der Waals surface area (Å²) in [6.45, 7) is 1.67. The highest BCUT2D eigenvalue weighted by Crippen LogP contribution is 2.44. The van der Waals surface area contributed by atoms with Gasteiger partial charge in [-0.25, -0.2) is 0 Å². The molecular formula is C21H12Cl5O3P. The van der Waals surface area contributed by atoms with Gasteiger partial charge in [0, 0.05) is 11.1 Å². The minimum absolute atomic E-state index is 0.104. The molecule has 0 fully saturated rings. The van der Waals surface area contributed by atoms with Gasteiger partial charge in [-0.3, -0.25) is 9.59 Å². The minimum Gasteiger partial charge on any atom is -0.313 e. The van der Waals surface area contributed by atoms with Crippen LogP contribution in [0, 0.1) is 6.92 Å². The third-order valence-electron chi connectivity index (χ3n) is 4.41. The molecule has 0 saturated carbocycles. The van der Waals surface area contributed by atoms with Crippen LogP contribution < -0.4 is 5.30 Å². The summed E-state index contributed by atoms with van der Waals surface area (Å²) in [4.78, 5) is 25.8. The maximum absolute atomic E-state index is 13.2. The first-order chi connectivity index (χ1) is 14.2. The Bertz CT molecular complexity index is 1160. The van der Waals surface area contributed by atoms with E-state index >= 15 is 0 Å². The fourth-order valence-electron chi connectivity index (χ4n) is 2.91. The molecule has 0 heterocycles. The van der Waals surface area contributed by atoms with E-state index in [1.165, 1.54) is 6.07 Å². The predicted octanol–water partition coefficient (Wildman–Crippen LogP) is 7.52. The van der Waals surface area contributed by atoms with Gasteiger partial charge in [0.05, 0.1) is 36.0 Å². The largest absolute Gasteiger partial charge is 0.313 e. The summed E-state index contributed by atoms with van der Waals surface area (Å²) in [6, 6.07) is 13.1. The van der Waals surface area contributed by atoms with Gasteiger partial charge in [-0.1, -0.05) is 100 Å². The maximum Gasteiger partial charge on any atom is 0.224 e. The van der Waals surface area contributed by atoms with Crippen LogP contribution in [0.3, 0.4) is 0 Å². The third-order valence-corrected chi connectivity index (χ3v) is 8.36. The van der Waals surface area contributed by atoms with Gasteiger partial charge in [0.15, 0.2) is 13.6 Å². The van der Waals surface area contributed by atoms with Crippen molar-refractivity contribution in [3.8, 4) is 0 Å². The molecule has 0 spiro atoms. The summed E-state index contributed by atoms with van der Waals surface area (Å²) >= 11 is 31.4. The number of halogens is 5. The molecule has 9 heteroatoms. The van der Waals surface area contributed by atoms with Gasteiger partial charge in [-0.05, 0) is 18.6 Å². The van der Waals surface area contributed by atoms with Crippen LogP contribution in [0.1, 0.15) is 31.8 Å². The SMILES string of the molecule is Cc1cccc(Cl)c1C(=O)[PH](=O)c1c(Cl)c(Cl)c(C(=O)c2ccccc2)c(Cl)c1Cl. The molecule has 0 saturated heterocycles. The number of ketones is 1. The van der Waals surface area contributed by atoms with Gasteiger partial charge in [-0.15, -0.1) is 0 Å². The van der Waals surface area contributed by atoms with Crippen molar-refractivity contribution in [2.24, 2.45) is 0 Å². The average molecular weight is 521 g/mol. The quantitative estimate of drug-likeness (QED) is 0.199. The highest BCUT2D eigenvalue weighted by molar-refractivity contribution is 7.72. The Balaban J connectivity index is 2.15. The van der Waals surface area contributed by atoms with E-state index in [1.54, 1.807) is 49.4 Å². The van der Waals surface area contributed by atoms with E-state index in [4.69, 9.17) is 58.0 Å². The van der Waals surface area contributed by atoms with Gasteiger partial charge < -0.3 is 4.57 Å². The van der Waals surface area contributed by atoms with Crippen molar-refractivity contribution in [2.45, 2.75) is 6.92 Å². The zero-order chi connectivity index (χ0) is 22.2. The van der Waals surface area contributed by atoms with Crippen LogP contribution in [0.25, 0.3) is 0 Å². The molecule has 3 aromatic carbocycles. The number of aryl methyl sites for hydroxylation is 1. The number of carbonyl (C=O) groups excluding carboxylic acids is 2. The topological polar surface area (TPSA) is 51.2 Å². The first-order valence-corrected chi connectivity index (χ1v) is 11.8. The Kier molecular flexibility index (Phi) is 7.35. The number of hydrogen-bond acceptors (Lipinski definition) is 3. The van der Waals surface area contributed by atoms with Crippen molar-refractivity contribution in [3.63, 3.8) is 0 Å². The van der Waals surface area contributed by atoms with Gasteiger partial charge in [-0.2, -0.15) is 0 Å². The lowest BCUT2D eigenvalue weighted by Gasteiger charge is -2.15. The highest BCUT2D eigenvalue weighted by Gasteiger charge is 2.31. The Morgan fingerprint density at radius 1 is 0.733 bits per heavy atom. The zero-order valence-corrected chi connectivity index (χ0v) is 20.0. The molecule has 0 amide bonds. The molecule has 3 aromatic rings. The van der Waals surface area contributed by atoms with Crippen molar-refractivity contribution in [2.75, 3.05) is 0 Å². The van der Waals surface area contributed by atoms with Crippen molar-refractivity contribution in [1.29, 1.82) is 0 Å². The van der Waals surface area contributed by atoms with E-state index in [1.807, 2.05) is 0 Å². The predicted molar refractivity (Wildman–Crippen MR) is 126 cm³/mol. The number of hydrogen-bond donors (Lipinski definition) is 0. The van der Waals surface area contributed by atoms with Crippen molar-refractivity contribution >= 4 is 82.4 Å². The molecule has 0 aliphatic carbocycles. The summed E-state index contributed by atoms with van der Waals surface area (Å²) in [5.74, 6) is -0.506. The monoisotopic (exact) mass is 518 g/mol. The van der Waals surface area contributed by atoms with Crippen molar-refractivity contribution < 1.29 is 14.2 Å². The van der Waals surface area contributed by atoms with Crippen LogP contribution in [0.5, 0.6) is 0 Å². The minimum atomic E-state index is -3.27. The van der Waals surface area contributed by atoms with Crippen LogP contribution in [-0.4, -0.2) is 11.3 Å². The van der Waals surface area contributed by atoms with E-state index in [9.17, 15) is 14.2 Å². The summed E-state index contributed by atoms with van der Waals surface area (Å²) in [5.41, 5.74) is 0.107. The second kappa shape index (κ2) is 9.44. The lowest BCUT2D eigenvalue weighted by atomic mass is 10.0. The molecule has 1 atom stereocenters. The number of rotatable bonds is 5. The van der Waals surface area contributed by atoms with Gasteiger partial charge in [0.1, 0.15) is 0 Å². The molecule has 0 aliphatic rings. The zero-order valence-electron chi connectivity index (χ0n) is 15.2. The van der Waals surface area contributed by atoms with E-state index in [2.05, 4.69) is 0 Å². The molecule has 154 valence electrons. The van der Waals surface area contributed by atoms with E-state index in [0.717, 1.165) is 0 Å². The molecule has 0 bridgehead atoms. The average Bonchev–Trinajstić information content (AvgIpc) is 2.72.